The van der Waals surface area contributed by atoms with Gasteiger partial charge in [0.1, 0.15) is 10.8 Å². The minimum atomic E-state index is -0.318. The highest BCUT2D eigenvalue weighted by Gasteiger charge is 2.42. The topological polar surface area (TPSA) is 24.9 Å². The summed E-state index contributed by atoms with van der Waals surface area (Å²) in [4.78, 5) is 5.93. The molecule has 3 rings (SSSR count). The molecular weight excluding hydrogens is 259 g/mol. The van der Waals surface area contributed by atoms with Gasteiger partial charge >= 0.3 is 0 Å². The maximum atomic E-state index is 13.9. The van der Waals surface area contributed by atoms with Crippen LogP contribution in [0.25, 0.3) is 0 Å². The number of hydrogen-bond donors (Lipinski definition) is 1. The molecule has 4 heteroatoms. The quantitative estimate of drug-likeness (QED) is 0.910. The van der Waals surface area contributed by atoms with Crippen LogP contribution >= 0.6 is 11.3 Å². The fourth-order valence-corrected chi connectivity index (χ4v) is 4.06. The fourth-order valence-electron chi connectivity index (χ4n) is 2.90. The molecule has 1 N–H and O–H groups in total. The van der Waals surface area contributed by atoms with Gasteiger partial charge in [0.25, 0.3) is 0 Å². The van der Waals surface area contributed by atoms with Gasteiger partial charge in [0.2, 0.25) is 0 Å². The Balaban J connectivity index is 2.20. The SMILES string of the molecule is CNC1(c2nc(C)c(C)s2)CCc2c(F)cccc21. The Bertz CT molecular complexity index is 616. The van der Waals surface area contributed by atoms with Gasteiger partial charge in [-0.1, -0.05) is 12.1 Å². The van der Waals surface area contributed by atoms with Crippen LogP contribution in [0.5, 0.6) is 0 Å². The number of fused-ring (bicyclic) bond motifs is 1. The van der Waals surface area contributed by atoms with E-state index in [4.69, 9.17) is 4.98 Å². The van der Waals surface area contributed by atoms with Crippen molar-refractivity contribution in [1.29, 1.82) is 0 Å². The lowest BCUT2D eigenvalue weighted by molar-refractivity contribution is 0.433. The molecule has 0 spiro atoms. The molecule has 19 heavy (non-hydrogen) atoms. The number of halogens is 1. The van der Waals surface area contributed by atoms with Gasteiger partial charge in [0, 0.05) is 4.88 Å². The summed E-state index contributed by atoms with van der Waals surface area (Å²) >= 11 is 1.71. The van der Waals surface area contributed by atoms with Crippen LogP contribution in [0.4, 0.5) is 4.39 Å². The predicted octanol–water partition coefficient (Wildman–Crippen LogP) is 3.31. The molecule has 1 unspecified atom stereocenters. The summed E-state index contributed by atoms with van der Waals surface area (Å²) in [6, 6.07) is 5.36. The fraction of sp³-hybridized carbons (Fsp3) is 0.400. The van der Waals surface area contributed by atoms with E-state index in [1.165, 1.54) is 4.88 Å². The van der Waals surface area contributed by atoms with E-state index in [9.17, 15) is 4.39 Å². The molecule has 0 radical (unpaired) electrons. The molecule has 1 atom stereocenters. The van der Waals surface area contributed by atoms with Crippen molar-refractivity contribution in [2.45, 2.75) is 32.2 Å². The Morgan fingerprint density at radius 3 is 2.79 bits per heavy atom. The molecule has 1 aliphatic rings. The van der Waals surface area contributed by atoms with E-state index in [-0.39, 0.29) is 11.4 Å². The van der Waals surface area contributed by atoms with Gasteiger partial charge in [-0.15, -0.1) is 11.3 Å². The van der Waals surface area contributed by atoms with Crippen molar-refractivity contribution in [3.63, 3.8) is 0 Å². The highest BCUT2D eigenvalue weighted by atomic mass is 32.1. The van der Waals surface area contributed by atoms with E-state index in [0.29, 0.717) is 0 Å². The van der Waals surface area contributed by atoms with Gasteiger partial charge in [0.05, 0.1) is 11.2 Å². The number of rotatable bonds is 2. The standard InChI is InChI=1S/C15H17FN2S/c1-9-10(2)19-14(18-9)15(17-3)8-7-11-12(15)5-4-6-13(11)16/h4-6,17H,7-8H2,1-3H3. The van der Waals surface area contributed by atoms with Crippen LogP contribution in [0.2, 0.25) is 0 Å². The second kappa shape index (κ2) is 4.39. The van der Waals surface area contributed by atoms with Crippen LogP contribution in [0, 0.1) is 19.7 Å². The number of benzene rings is 1. The molecule has 0 amide bonds. The van der Waals surface area contributed by atoms with Crippen molar-refractivity contribution < 1.29 is 4.39 Å². The van der Waals surface area contributed by atoms with E-state index < -0.39 is 0 Å². The summed E-state index contributed by atoms with van der Waals surface area (Å²) in [7, 11) is 1.94. The van der Waals surface area contributed by atoms with Crippen LogP contribution in [0.1, 0.15) is 33.1 Å². The first-order valence-corrected chi connectivity index (χ1v) is 7.31. The Labute approximate surface area is 116 Å². The zero-order chi connectivity index (χ0) is 13.6. The van der Waals surface area contributed by atoms with Gasteiger partial charge < -0.3 is 5.32 Å². The maximum absolute atomic E-state index is 13.9. The third-order valence-corrected chi connectivity index (χ3v) is 5.38. The first-order valence-electron chi connectivity index (χ1n) is 6.50. The van der Waals surface area contributed by atoms with Crippen molar-refractivity contribution in [2.75, 3.05) is 7.05 Å². The van der Waals surface area contributed by atoms with Crippen LogP contribution in [-0.4, -0.2) is 12.0 Å². The van der Waals surface area contributed by atoms with E-state index in [1.807, 2.05) is 20.0 Å². The summed E-state index contributed by atoms with van der Waals surface area (Å²) in [5, 5.41) is 4.45. The molecule has 2 aromatic rings. The van der Waals surface area contributed by atoms with Crippen molar-refractivity contribution in [1.82, 2.24) is 10.3 Å². The molecule has 1 aromatic carbocycles. The molecule has 0 saturated carbocycles. The third-order valence-electron chi connectivity index (χ3n) is 4.15. The maximum Gasteiger partial charge on any atom is 0.126 e. The van der Waals surface area contributed by atoms with Crippen molar-refractivity contribution in [2.24, 2.45) is 0 Å². The molecule has 0 aliphatic heterocycles. The van der Waals surface area contributed by atoms with Crippen LogP contribution in [0.15, 0.2) is 18.2 Å². The number of nitrogens with one attached hydrogen (secondary N) is 1. The minimum Gasteiger partial charge on any atom is -0.305 e. The zero-order valence-electron chi connectivity index (χ0n) is 11.4. The van der Waals surface area contributed by atoms with Crippen LogP contribution in [-0.2, 0) is 12.0 Å². The third kappa shape index (κ3) is 1.74. The monoisotopic (exact) mass is 276 g/mol. The molecule has 100 valence electrons. The predicted molar refractivity (Wildman–Crippen MR) is 76.1 cm³/mol. The molecule has 1 aliphatic carbocycles. The molecular formula is C15H17FN2S. The molecule has 1 heterocycles. The molecule has 1 aromatic heterocycles. The Morgan fingerprint density at radius 2 is 2.16 bits per heavy atom. The van der Waals surface area contributed by atoms with Gasteiger partial charge in [0.15, 0.2) is 0 Å². The summed E-state index contributed by atoms with van der Waals surface area (Å²) in [5.74, 6) is -0.0976. The highest BCUT2D eigenvalue weighted by Crippen LogP contribution is 2.44. The van der Waals surface area contributed by atoms with E-state index in [2.05, 4.69) is 12.2 Å². The number of thiazole rings is 1. The smallest absolute Gasteiger partial charge is 0.126 e. The number of hydrogen-bond acceptors (Lipinski definition) is 3. The molecule has 0 bridgehead atoms. The van der Waals surface area contributed by atoms with Gasteiger partial charge in [-0.25, -0.2) is 9.37 Å². The number of aryl methyl sites for hydroxylation is 2. The average Bonchev–Trinajstić information content (AvgIpc) is 2.93. The first-order chi connectivity index (χ1) is 9.08. The van der Waals surface area contributed by atoms with Crippen molar-refractivity contribution in [3.8, 4) is 0 Å². The average molecular weight is 276 g/mol. The van der Waals surface area contributed by atoms with Gasteiger partial charge in [-0.3, -0.25) is 0 Å². The van der Waals surface area contributed by atoms with Gasteiger partial charge in [-0.05, 0) is 50.9 Å². The van der Waals surface area contributed by atoms with Crippen LogP contribution < -0.4 is 5.32 Å². The van der Waals surface area contributed by atoms with E-state index in [1.54, 1.807) is 23.5 Å². The minimum absolute atomic E-state index is 0.0976. The van der Waals surface area contributed by atoms with Gasteiger partial charge in [-0.2, -0.15) is 0 Å². The highest BCUT2D eigenvalue weighted by molar-refractivity contribution is 7.11. The second-order valence-electron chi connectivity index (χ2n) is 5.08. The molecule has 0 saturated heterocycles. The lowest BCUT2D eigenvalue weighted by Crippen LogP contribution is -2.39. The summed E-state index contributed by atoms with van der Waals surface area (Å²) in [5.41, 5.74) is 2.63. The lowest BCUT2D eigenvalue weighted by atomic mass is 9.92. The number of aromatic nitrogens is 1. The summed E-state index contributed by atoms with van der Waals surface area (Å²) < 4.78 is 13.9. The Kier molecular flexibility index (Phi) is 2.95. The summed E-state index contributed by atoms with van der Waals surface area (Å²) in [6.07, 6.45) is 1.63. The largest absolute Gasteiger partial charge is 0.305 e. The normalized spacial score (nSPS) is 21.7. The zero-order valence-corrected chi connectivity index (χ0v) is 12.2. The lowest BCUT2D eigenvalue weighted by Gasteiger charge is -2.27. The van der Waals surface area contributed by atoms with E-state index >= 15 is 0 Å². The molecule has 2 nitrogen and oxygen atoms in total. The summed E-state index contributed by atoms with van der Waals surface area (Å²) in [6.45, 7) is 4.11. The van der Waals surface area contributed by atoms with Crippen molar-refractivity contribution >= 4 is 11.3 Å². The van der Waals surface area contributed by atoms with Crippen LogP contribution in [0.3, 0.4) is 0 Å². The van der Waals surface area contributed by atoms with Crippen molar-refractivity contribution in [3.05, 3.63) is 50.7 Å². The molecule has 0 fully saturated rings. The second-order valence-corrected chi connectivity index (χ2v) is 6.29. The van der Waals surface area contributed by atoms with E-state index in [0.717, 1.165) is 34.7 Å². The number of nitrogens with zero attached hydrogens (tertiary/aromatic N) is 1. The first kappa shape index (κ1) is 12.8. The Hall–Kier alpha value is -1.26. The Morgan fingerprint density at radius 1 is 1.37 bits per heavy atom.